The van der Waals surface area contributed by atoms with Crippen LogP contribution in [0.3, 0.4) is 0 Å². The van der Waals surface area contributed by atoms with E-state index in [9.17, 15) is 9.59 Å². The van der Waals surface area contributed by atoms with Gasteiger partial charge >= 0.3 is 0 Å². The lowest BCUT2D eigenvalue weighted by molar-refractivity contribution is 0.0302. The lowest BCUT2D eigenvalue weighted by atomic mass is 9.98. The van der Waals surface area contributed by atoms with Crippen molar-refractivity contribution in [3.63, 3.8) is 0 Å². The summed E-state index contributed by atoms with van der Waals surface area (Å²) in [6.45, 7) is 8.63. The van der Waals surface area contributed by atoms with Gasteiger partial charge in [-0.1, -0.05) is 18.2 Å². The Morgan fingerprint density at radius 1 is 1.28 bits per heavy atom. The van der Waals surface area contributed by atoms with E-state index in [1.807, 2.05) is 42.3 Å². The van der Waals surface area contributed by atoms with Gasteiger partial charge in [-0.15, -0.1) is 6.58 Å². The van der Waals surface area contributed by atoms with Gasteiger partial charge in [-0.2, -0.15) is 0 Å². The molecule has 4 rings (SSSR count). The first-order valence-corrected chi connectivity index (χ1v) is 9.89. The molecular weight excluding hydrogens is 366 g/mol. The molecule has 2 aromatic heterocycles. The van der Waals surface area contributed by atoms with E-state index >= 15 is 0 Å². The zero-order valence-corrected chi connectivity index (χ0v) is 16.6. The van der Waals surface area contributed by atoms with Crippen LogP contribution in [0.1, 0.15) is 22.3 Å². The molecule has 1 aromatic carbocycles. The molecule has 1 saturated heterocycles. The Morgan fingerprint density at radius 3 is 2.83 bits per heavy atom. The number of aromatic amines is 1. The molecule has 0 radical (unpaired) electrons. The number of ether oxygens (including phenoxy) is 1. The van der Waals surface area contributed by atoms with E-state index in [0.29, 0.717) is 50.3 Å². The number of aryl methyl sites for hydroxylation is 2. The van der Waals surface area contributed by atoms with E-state index in [4.69, 9.17) is 4.74 Å². The molecule has 1 aliphatic rings. The molecule has 0 aliphatic carbocycles. The van der Waals surface area contributed by atoms with E-state index in [1.54, 1.807) is 16.8 Å². The third-order valence-electron chi connectivity index (χ3n) is 5.45. The van der Waals surface area contributed by atoms with Gasteiger partial charge in [-0.05, 0) is 36.6 Å². The van der Waals surface area contributed by atoms with Crippen molar-refractivity contribution >= 4 is 16.8 Å². The highest BCUT2D eigenvalue weighted by molar-refractivity contribution is 5.99. The Balaban J connectivity index is 1.80. The Kier molecular flexibility index (Phi) is 5.36. The van der Waals surface area contributed by atoms with Crippen LogP contribution < -0.4 is 5.56 Å². The molecule has 6 heteroatoms. The predicted molar refractivity (Wildman–Crippen MR) is 114 cm³/mol. The Hall–Kier alpha value is -3.12. The van der Waals surface area contributed by atoms with E-state index in [1.165, 1.54) is 0 Å². The second-order valence-corrected chi connectivity index (χ2v) is 7.32. The number of nitrogens with zero attached hydrogens (tertiary/aromatic N) is 2. The van der Waals surface area contributed by atoms with Gasteiger partial charge in [-0.3, -0.25) is 9.59 Å². The molecule has 0 spiro atoms. The molecule has 0 bridgehead atoms. The summed E-state index contributed by atoms with van der Waals surface area (Å²) in [5.74, 6) is 0.0259. The first-order chi connectivity index (χ1) is 14.1. The number of morpholine rings is 1. The topological polar surface area (TPSA) is 67.3 Å². The Labute approximate surface area is 169 Å². The second kappa shape index (κ2) is 8.09. The predicted octanol–water partition coefficient (Wildman–Crippen LogP) is 3.35. The molecule has 150 valence electrons. The van der Waals surface area contributed by atoms with Crippen molar-refractivity contribution in [2.75, 3.05) is 26.3 Å². The fraction of sp³-hybridized carbons (Fsp3) is 0.304. The minimum Gasteiger partial charge on any atom is -0.378 e. The zero-order chi connectivity index (χ0) is 20.4. The number of pyridine rings is 1. The van der Waals surface area contributed by atoms with Crippen LogP contribution in [0.5, 0.6) is 0 Å². The summed E-state index contributed by atoms with van der Waals surface area (Å²) in [5, 5.41) is 0.860. The van der Waals surface area contributed by atoms with E-state index in [0.717, 1.165) is 22.1 Å². The van der Waals surface area contributed by atoms with Crippen molar-refractivity contribution in [3.05, 3.63) is 70.8 Å². The number of nitrogens with one attached hydrogen (secondary N) is 1. The van der Waals surface area contributed by atoms with Crippen molar-refractivity contribution < 1.29 is 9.53 Å². The minimum absolute atomic E-state index is 0.0259. The molecule has 1 amide bonds. The molecule has 3 aromatic rings. The van der Waals surface area contributed by atoms with Crippen molar-refractivity contribution in [1.82, 2.24) is 14.5 Å². The van der Waals surface area contributed by atoms with E-state index < -0.39 is 0 Å². The number of rotatable bonds is 5. The number of fused-ring (bicyclic) bond motifs is 1. The standard InChI is InChI=1S/C23H25N3O3/c1-3-4-9-26-15-20(18-7-8-24-21(18)23(26)28)17-6-5-16(2)19(14-17)22(27)25-10-12-29-13-11-25/h3,5-8,14-15,24H,1,4,9-13H2,2H3. The van der Waals surface area contributed by atoms with Crippen molar-refractivity contribution in [1.29, 1.82) is 0 Å². The first-order valence-electron chi connectivity index (χ1n) is 9.89. The van der Waals surface area contributed by atoms with E-state index in [-0.39, 0.29) is 11.5 Å². The fourth-order valence-electron chi connectivity index (χ4n) is 3.78. The summed E-state index contributed by atoms with van der Waals surface area (Å²) in [7, 11) is 0. The molecular formula is C23H25N3O3. The summed E-state index contributed by atoms with van der Waals surface area (Å²) in [4.78, 5) is 30.7. The number of hydrogen-bond acceptors (Lipinski definition) is 3. The highest BCUT2D eigenvalue weighted by Gasteiger charge is 2.21. The average molecular weight is 391 g/mol. The molecule has 1 aliphatic heterocycles. The van der Waals surface area contributed by atoms with Crippen LogP contribution in [0, 0.1) is 6.92 Å². The van der Waals surface area contributed by atoms with Crippen molar-refractivity contribution in [2.45, 2.75) is 19.9 Å². The number of allylic oxidation sites excluding steroid dienone is 1. The van der Waals surface area contributed by atoms with Crippen molar-refractivity contribution in [3.8, 4) is 11.1 Å². The second-order valence-electron chi connectivity index (χ2n) is 7.32. The fourth-order valence-corrected chi connectivity index (χ4v) is 3.78. The highest BCUT2D eigenvalue weighted by atomic mass is 16.5. The maximum atomic E-state index is 13.1. The Bertz CT molecular complexity index is 1120. The SMILES string of the molecule is C=CCCn1cc(-c2ccc(C)c(C(=O)N3CCOCC3)c2)c2cc[nH]c2c1=O. The van der Waals surface area contributed by atoms with Crippen LogP contribution in [-0.2, 0) is 11.3 Å². The van der Waals surface area contributed by atoms with Gasteiger partial charge in [0.2, 0.25) is 0 Å². The highest BCUT2D eigenvalue weighted by Crippen LogP contribution is 2.29. The number of aromatic nitrogens is 2. The summed E-state index contributed by atoms with van der Waals surface area (Å²) in [6.07, 6.45) is 6.17. The number of carbonyl (C=O) groups is 1. The Morgan fingerprint density at radius 2 is 2.07 bits per heavy atom. The van der Waals surface area contributed by atoms with Gasteiger partial charge in [0, 0.05) is 48.5 Å². The third-order valence-corrected chi connectivity index (χ3v) is 5.45. The van der Waals surface area contributed by atoms with Gasteiger partial charge in [-0.25, -0.2) is 0 Å². The maximum absolute atomic E-state index is 13.1. The van der Waals surface area contributed by atoms with Crippen LogP contribution in [0.25, 0.3) is 22.0 Å². The van der Waals surface area contributed by atoms with Gasteiger partial charge in [0.05, 0.1) is 13.2 Å². The third kappa shape index (κ3) is 3.63. The lowest BCUT2D eigenvalue weighted by Gasteiger charge is -2.27. The molecule has 0 unspecified atom stereocenters. The van der Waals surface area contributed by atoms with Crippen LogP contribution in [0.4, 0.5) is 0 Å². The quantitative estimate of drug-likeness (QED) is 0.678. The maximum Gasteiger partial charge on any atom is 0.274 e. The van der Waals surface area contributed by atoms with Crippen LogP contribution in [0.2, 0.25) is 0 Å². The largest absolute Gasteiger partial charge is 0.378 e. The first kappa shape index (κ1) is 19.2. The van der Waals surface area contributed by atoms with E-state index in [2.05, 4.69) is 11.6 Å². The molecule has 6 nitrogen and oxygen atoms in total. The number of hydrogen-bond donors (Lipinski definition) is 1. The summed E-state index contributed by atoms with van der Waals surface area (Å²) >= 11 is 0. The summed E-state index contributed by atoms with van der Waals surface area (Å²) < 4.78 is 7.08. The van der Waals surface area contributed by atoms with Gasteiger partial charge in [0.1, 0.15) is 5.52 Å². The van der Waals surface area contributed by atoms with Crippen LogP contribution in [0.15, 0.2) is 54.1 Å². The monoisotopic (exact) mass is 391 g/mol. The molecule has 0 atom stereocenters. The molecule has 1 N–H and O–H groups in total. The molecule has 0 saturated carbocycles. The summed E-state index contributed by atoms with van der Waals surface area (Å²) in [6, 6.07) is 7.83. The van der Waals surface area contributed by atoms with Gasteiger partial charge < -0.3 is 19.2 Å². The normalized spacial score (nSPS) is 14.3. The molecule has 3 heterocycles. The van der Waals surface area contributed by atoms with Crippen LogP contribution >= 0.6 is 0 Å². The molecule has 1 fully saturated rings. The smallest absolute Gasteiger partial charge is 0.274 e. The van der Waals surface area contributed by atoms with Gasteiger partial charge in [0.25, 0.3) is 11.5 Å². The van der Waals surface area contributed by atoms with Gasteiger partial charge in [0.15, 0.2) is 0 Å². The average Bonchev–Trinajstić information content (AvgIpc) is 3.24. The van der Waals surface area contributed by atoms with Crippen molar-refractivity contribution in [2.24, 2.45) is 0 Å². The summed E-state index contributed by atoms with van der Waals surface area (Å²) in [5.41, 5.74) is 4.01. The number of H-pyrrole nitrogens is 1. The lowest BCUT2D eigenvalue weighted by Crippen LogP contribution is -2.40. The molecule has 29 heavy (non-hydrogen) atoms. The minimum atomic E-state index is -0.0488. The zero-order valence-electron chi connectivity index (χ0n) is 16.6. The number of amides is 1. The number of carbonyl (C=O) groups excluding carboxylic acids is 1. The number of benzene rings is 1. The van der Waals surface area contributed by atoms with Crippen LogP contribution in [-0.4, -0.2) is 46.7 Å².